The molecule has 0 saturated carbocycles. The van der Waals surface area contributed by atoms with Crippen LogP contribution in [0.15, 0.2) is 63.2 Å². The van der Waals surface area contributed by atoms with Gasteiger partial charge in [0.15, 0.2) is 0 Å². The van der Waals surface area contributed by atoms with Crippen molar-refractivity contribution in [2.45, 2.75) is 18.4 Å². The van der Waals surface area contributed by atoms with Gasteiger partial charge in [-0.3, -0.25) is 0 Å². The van der Waals surface area contributed by atoms with Crippen LogP contribution in [0.2, 0.25) is 0 Å². The lowest BCUT2D eigenvalue weighted by Crippen LogP contribution is -2.22. The number of sulfonamides is 1. The van der Waals surface area contributed by atoms with Gasteiger partial charge >= 0.3 is 0 Å². The number of aryl methyl sites for hydroxylation is 1. The Labute approximate surface area is 133 Å². The van der Waals surface area contributed by atoms with Crippen LogP contribution in [0.3, 0.4) is 0 Å². The van der Waals surface area contributed by atoms with E-state index >= 15 is 0 Å². The molecule has 0 spiro atoms. The van der Waals surface area contributed by atoms with Gasteiger partial charge in [-0.15, -0.1) is 11.3 Å². The van der Waals surface area contributed by atoms with Crippen LogP contribution in [0.5, 0.6) is 0 Å². The van der Waals surface area contributed by atoms with Gasteiger partial charge in [0.25, 0.3) is 0 Å². The fourth-order valence-electron chi connectivity index (χ4n) is 1.99. The smallest absolute Gasteiger partial charge is 0.240 e. The highest BCUT2D eigenvalue weighted by Crippen LogP contribution is 2.26. The third kappa shape index (κ3) is 3.30. The molecule has 0 aliphatic rings. The number of benzene rings is 1. The maximum absolute atomic E-state index is 12.2. The largest absolute Gasteiger partial charge is 0.459 e. The molecule has 0 unspecified atom stereocenters. The third-order valence-electron chi connectivity index (χ3n) is 3.19. The molecule has 0 bridgehead atoms. The van der Waals surface area contributed by atoms with Crippen molar-refractivity contribution in [1.29, 1.82) is 0 Å². The first-order chi connectivity index (χ1) is 10.5. The maximum atomic E-state index is 12.2. The minimum atomic E-state index is -3.53. The molecule has 114 valence electrons. The van der Waals surface area contributed by atoms with E-state index in [1.807, 2.05) is 30.5 Å². The van der Waals surface area contributed by atoms with E-state index in [0.29, 0.717) is 5.76 Å². The van der Waals surface area contributed by atoms with Crippen molar-refractivity contribution < 1.29 is 12.8 Å². The number of thiophene rings is 1. The fraction of sp³-hybridized carbons (Fsp3) is 0.125. The molecule has 0 saturated heterocycles. The van der Waals surface area contributed by atoms with Crippen molar-refractivity contribution in [2.24, 2.45) is 0 Å². The van der Waals surface area contributed by atoms with Gasteiger partial charge in [0.2, 0.25) is 10.0 Å². The number of hydrogen-bond acceptors (Lipinski definition) is 4. The Morgan fingerprint density at radius 1 is 1.09 bits per heavy atom. The molecule has 0 atom stereocenters. The van der Waals surface area contributed by atoms with Crippen molar-refractivity contribution in [2.75, 3.05) is 0 Å². The lowest BCUT2D eigenvalue weighted by molar-refractivity contribution is 0.510. The van der Waals surface area contributed by atoms with Gasteiger partial charge < -0.3 is 4.42 Å². The third-order valence-corrected chi connectivity index (χ3v) is 5.49. The number of nitrogens with one attached hydrogen (secondary N) is 1. The highest BCUT2D eigenvalue weighted by molar-refractivity contribution is 7.89. The molecule has 3 aromatic rings. The van der Waals surface area contributed by atoms with Crippen LogP contribution in [-0.2, 0) is 16.6 Å². The van der Waals surface area contributed by atoms with Crippen molar-refractivity contribution in [3.05, 3.63) is 65.2 Å². The van der Waals surface area contributed by atoms with Crippen molar-refractivity contribution in [3.63, 3.8) is 0 Å². The average Bonchev–Trinajstić information content (AvgIpc) is 3.17. The minimum absolute atomic E-state index is 0.127. The van der Waals surface area contributed by atoms with Gasteiger partial charge in [-0.2, -0.15) is 0 Å². The Morgan fingerprint density at radius 3 is 2.55 bits per heavy atom. The number of rotatable bonds is 5. The predicted molar refractivity (Wildman–Crippen MR) is 87.2 cm³/mol. The zero-order chi connectivity index (χ0) is 15.6. The molecule has 2 aromatic heterocycles. The molecule has 0 aliphatic heterocycles. The maximum Gasteiger partial charge on any atom is 0.240 e. The summed E-state index contributed by atoms with van der Waals surface area (Å²) < 4.78 is 32.6. The highest BCUT2D eigenvalue weighted by atomic mass is 32.2. The summed E-state index contributed by atoms with van der Waals surface area (Å²) in [6, 6.07) is 14.3. The molecule has 4 nitrogen and oxygen atoms in total. The molecular weight excluding hydrogens is 318 g/mol. The molecule has 0 amide bonds. The molecule has 1 aromatic carbocycles. The summed E-state index contributed by atoms with van der Waals surface area (Å²) in [4.78, 5) is 1.27. The van der Waals surface area contributed by atoms with Gasteiger partial charge in [-0.1, -0.05) is 23.8 Å². The SMILES string of the molecule is Cc1ccc(S(=O)(=O)NCc2ccc(-c3cccs3)o2)cc1. The summed E-state index contributed by atoms with van der Waals surface area (Å²) in [6.07, 6.45) is 0. The average molecular weight is 333 g/mol. The van der Waals surface area contributed by atoms with E-state index in [9.17, 15) is 8.42 Å². The quantitative estimate of drug-likeness (QED) is 0.773. The van der Waals surface area contributed by atoms with Crippen LogP contribution in [0.1, 0.15) is 11.3 Å². The van der Waals surface area contributed by atoms with Crippen molar-refractivity contribution in [3.8, 4) is 10.6 Å². The molecule has 1 N–H and O–H groups in total. The van der Waals surface area contributed by atoms with Crippen LogP contribution in [-0.4, -0.2) is 8.42 Å². The first kappa shape index (κ1) is 15.0. The minimum Gasteiger partial charge on any atom is -0.459 e. The van der Waals surface area contributed by atoms with Crippen LogP contribution < -0.4 is 4.72 Å². The summed E-state index contributed by atoms with van der Waals surface area (Å²) in [6.45, 7) is 2.04. The molecule has 3 rings (SSSR count). The second kappa shape index (κ2) is 6.08. The van der Waals surface area contributed by atoms with E-state index in [4.69, 9.17) is 4.42 Å². The number of furan rings is 1. The van der Waals surface area contributed by atoms with Gasteiger partial charge in [-0.25, -0.2) is 13.1 Å². The van der Waals surface area contributed by atoms with Gasteiger partial charge in [0.1, 0.15) is 11.5 Å². The second-order valence-corrected chi connectivity index (χ2v) is 7.60. The van der Waals surface area contributed by atoms with E-state index < -0.39 is 10.0 Å². The first-order valence-corrected chi connectivity index (χ1v) is 9.10. The van der Waals surface area contributed by atoms with Gasteiger partial charge in [0.05, 0.1) is 16.3 Å². The Kier molecular flexibility index (Phi) is 4.15. The molecule has 0 fully saturated rings. The van der Waals surface area contributed by atoms with Crippen LogP contribution in [0.25, 0.3) is 10.6 Å². The summed E-state index contributed by atoms with van der Waals surface area (Å²) >= 11 is 1.58. The molecule has 2 heterocycles. The Balaban J connectivity index is 1.71. The second-order valence-electron chi connectivity index (χ2n) is 4.88. The van der Waals surface area contributed by atoms with Crippen LogP contribution >= 0.6 is 11.3 Å². The van der Waals surface area contributed by atoms with Crippen LogP contribution in [0.4, 0.5) is 0 Å². The molecule has 0 radical (unpaired) electrons. The Bertz CT molecular complexity index is 847. The molecule has 22 heavy (non-hydrogen) atoms. The molecule has 0 aliphatic carbocycles. The van der Waals surface area contributed by atoms with E-state index in [1.165, 1.54) is 0 Å². The summed E-state index contributed by atoms with van der Waals surface area (Å²) in [5, 5.41) is 1.97. The summed E-state index contributed by atoms with van der Waals surface area (Å²) in [5.41, 5.74) is 1.02. The Morgan fingerprint density at radius 2 is 1.86 bits per heavy atom. The van der Waals surface area contributed by atoms with Gasteiger partial charge in [0, 0.05) is 0 Å². The fourth-order valence-corrected chi connectivity index (χ4v) is 3.67. The zero-order valence-corrected chi connectivity index (χ0v) is 13.6. The lowest BCUT2D eigenvalue weighted by atomic mass is 10.2. The monoisotopic (exact) mass is 333 g/mol. The molecule has 6 heteroatoms. The van der Waals surface area contributed by atoms with E-state index in [1.54, 1.807) is 41.7 Å². The van der Waals surface area contributed by atoms with Crippen molar-refractivity contribution in [1.82, 2.24) is 4.72 Å². The highest BCUT2D eigenvalue weighted by Gasteiger charge is 2.14. The van der Waals surface area contributed by atoms with Crippen LogP contribution in [0, 0.1) is 6.92 Å². The van der Waals surface area contributed by atoms with E-state index in [0.717, 1.165) is 16.2 Å². The number of hydrogen-bond donors (Lipinski definition) is 1. The van der Waals surface area contributed by atoms with Gasteiger partial charge in [-0.05, 0) is 42.6 Å². The first-order valence-electron chi connectivity index (χ1n) is 6.73. The predicted octanol–water partition coefficient (Wildman–Crippen LogP) is 3.80. The summed E-state index contributed by atoms with van der Waals surface area (Å²) in [5.74, 6) is 1.33. The normalized spacial score (nSPS) is 11.7. The zero-order valence-electron chi connectivity index (χ0n) is 11.9. The Hall–Kier alpha value is -1.89. The van der Waals surface area contributed by atoms with E-state index in [-0.39, 0.29) is 11.4 Å². The van der Waals surface area contributed by atoms with E-state index in [2.05, 4.69) is 4.72 Å². The van der Waals surface area contributed by atoms with Crippen molar-refractivity contribution >= 4 is 21.4 Å². The topological polar surface area (TPSA) is 59.3 Å². The standard InChI is InChI=1S/C16H15NO3S2/c1-12-4-7-14(8-5-12)22(18,19)17-11-13-6-9-15(20-13)16-3-2-10-21-16/h2-10,17H,11H2,1H3. The molecular formula is C16H15NO3S2. The summed E-state index contributed by atoms with van der Waals surface area (Å²) in [7, 11) is -3.53. The lowest BCUT2D eigenvalue weighted by Gasteiger charge is -2.05.